The second-order valence-electron chi connectivity index (χ2n) is 4.67. The summed E-state index contributed by atoms with van der Waals surface area (Å²) in [4.78, 5) is 23.9. The van der Waals surface area contributed by atoms with Crippen molar-refractivity contribution in [2.75, 3.05) is 0 Å². The fraction of sp³-hybridized carbons (Fsp3) is 0.286. The summed E-state index contributed by atoms with van der Waals surface area (Å²) >= 11 is 2.34. The normalized spacial score (nSPS) is 12.0. The molecule has 2 N–H and O–H groups in total. The fourth-order valence-electron chi connectivity index (χ4n) is 1.67. The molecular formula is C14H12F4N2O2S2. The van der Waals surface area contributed by atoms with E-state index in [-0.39, 0.29) is 13.1 Å². The second-order valence-corrected chi connectivity index (χ2v) is 6.74. The predicted octanol–water partition coefficient (Wildman–Crippen LogP) is 3.01. The number of amides is 2. The minimum atomic E-state index is -5.16. The molecule has 0 aliphatic heterocycles. The highest BCUT2D eigenvalue weighted by Gasteiger charge is 2.66. The Morgan fingerprint density at radius 3 is 1.50 bits per heavy atom. The Hall–Kier alpha value is -1.94. The lowest BCUT2D eigenvalue weighted by Crippen LogP contribution is -2.59. The highest BCUT2D eigenvalue weighted by Crippen LogP contribution is 2.35. The molecule has 0 aromatic carbocycles. The van der Waals surface area contributed by atoms with E-state index >= 15 is 0 Å². The van der Waals surface area contributed by atoms with E-state index in [1.54, 1.807) is 45.7 Å². The van der Waals surface area contributed by atoms with Gasteiger partial charge in [0.1, 0.15) is 0 Å². The van der Waals surface area contributed by atoms with Crippen molar-refractivity contribution < 1.29 is 27.2 Å². The topological polar surface area (TPSA) is 58.2 Å². The molecule has 2 heterocycles. The van der Waals surface area contributed by atoms with Crippen LogP contribution in [0.5, 0.6) is 0 Å². The number of nitrogens with one attached hydrogen (secondary N) is 2. The number of carbonyl (C=O) groups excluding carboxylic acids is 2. The Morgan fingerprint density at radius 1 is 0.833 bits per heavy atom. The maximum atomic E-state index is 13.7. The van der Waals surface area contributed by atoms with E-state index in [2.05, 4.69) is 0 Å². The largest absolute Gasteiger partial charge is 0.395 e. The van der Waals surface area contributed by atoms with Crippen LogP contribution < -0.4 is 10.6 Å². The van der Waals surface area contributed by atoms with Gasteiger partial charge in [-0.25, -0.2) is 0 Å². The molecular weight excluding hydrogens is 368 g/mol. The van der Waals surface area contributed by atoms with Gasteiger partial charge in [-0.1, -0.05) is 12.1 Å². The SMILES string of the molecule is O=C(NCc1cccs1)C(F)(F)C(F)(F)C(=O)NCc1cccs1. The molecule has 0 saturated carbocycles. The van der Waals surface area contributed by atoms with Crippen molar-refractivity contribution in [2.45, 2.75) is 24.9 Å². The zero-order valence-corrected chi connectivity index (χ0v) is 13.7. The predicted molar refractivity (Wildman–Crippen MR) is 82.2 cm³/mol. The Labute approximate surface area is 142 Å². The summed E-state index contributed by atoms with van der Waals surface area (Å²) < 4.78 is 54.9. The molecule has 0 aliphatic carbocycles. The van der Waals surface area contributed by atoms with Crippen LogP contribution in [0.15, 0.2) is 35.0 Å². The monoisotopic (exact) mass is 380 g/mol. The van der Waals surface area contributed by atoms with Crippen LogP contribution in [0, 0.1) is 0 Å². The second kappa shape index (κ2) is 7.31. The molecule has 0 saturated heterocycles. The summed E-state index contributed by atoms with van der Waals surface area (Å²) in [5.41, 5.74) is 0. The van der Waals surface area contributed by atoms with Crippen LogP contribution in [0.3, 0.4) is 0 Å². The third-order valence-corrected chi connectivity index (χ3v) is 4.72. The fourth-order valence-corrected chi connectivity index (χ4v) is 2.96. The van der Waals surface area contributed by atoms with E-state index in [1.807, 2.05) is 0 Å². The van der Waals surface area contributed by atoms with Crippen molar-refractivity contribution in [2.24, 2.45) is 0 Å². The summed E-state index contributed by atoms with van der Waals surface area (Å²) in [6, 6.07) is 6.35. The number of hydrogen-bond acceptors (Lipinski definition) is 4. The molecule has 0 spiro atoms. The first-order valence-electron chi connectivity index (χ1n) is 6.62. The van der Waals surface area contributed by atoms with Gasteiger partial charge in [0.25, 0.3) is 11.8 Å². The van der Waals surface area contributed by atoms with Gasteiger partial charge in [0, 0.05) is 9.75 Å². The van der Waals surface area contributed by atoms with Crippen LogP contribution in [-0.4, -0.2) is 23.7 Å². The minimum Gasteiger partial charge on any atom is -0.346 e. The summed E-state index contributed by atoms with van der Waals surface area (Å²) in [7, 11) is 0. The molecule has 10 heteroatoms. The van der Waals surface area contributed by atoms with Gasteiger partial charge in [-0.3, -0.25) is 9.59 Å². The molecule has 130 valence electrons. The maximum absolute atomic E-state index is 13.7. The average Bonchev–Trinajstić information content (AvgIpc) is 3.23. The van der Waals surface area contributed by atoms with Crippen molar-refractivity contribution in [3.63, 3.8) is 0 Å². The van der Waals surface area contributed by atoms with E-state index in [1.165, 1.54) is 22.7 Å². The molecule has 0 aliphatic rings. The van der Waals surface area contributed by atoms with Gasteiger partial charge in [-0.05, 0) is 22.9 Å². The van der Waals surface area contributed by atoms with Crippen LogP contribution in [0.2, 0.25) is 0 Å². The molecule has 2 amide bonds. The molecule has 0 bridgehead atoms. The van der Waals surface area contributed by atoms with Crippen molar-refractivity contribution >= 4 is 34.5 Å². The van der Waals surface area contributed by atoms with Crippen molar-refractivity contribution in [3.8, 4) is 0 Å². The van der Waals surface area contributed by atoms with E-state index in [0.717, 1.165) is 0 Å². The number of rotatable bonds is 7. The van der Waals surface area contributed by atoms with Gasteiger partial charge in [-0.15, -0.1) is 22.7 Å². The molecule has 0 unspecified atom stereocenters. The molecule has 4 nitrogen and oxygen atoms in total. The van der Waals surface area contributed by atoms with Crippen molar-refractivity contribution in [3.05, 3.63) is 44.8 Å². The molecule has 0 radical (unpaired) electrons. The minimum absolute atomic E-state index is 0.320. The first-order valence-corrected chi connectivity index (χ1v) is 8.38. The van der Waals surface area contributed by atoms with E-state index < -0.39 is 23.7 Å². The van der Waals surface area contributed by atoms with Crippen molar-refractivity contribution in [1.29, 1.82) is 0 Å². The smallest absolute Gasteiger partial charge is 0.346 e. The zero-order valence-electron chi connectivity index (χ0n) is 12.0. The first kappa shape index (κ1) is 18.4. The quantitative estimate of drug-likeness (QED) is 0.726. The van der Waals surface area contributed by atoms with E-state index in [9.17, 15) is 27.2 Å². The molecule has 2 rings (SSSR count). The highest BCUT2D eigenvalue weighted by molar-refractivity contribution is 7.10. The lowest BCUT2D eigenvalue weighted by Gasteiger charge is -2.24. The van der Waals surface area contributed by atoms with Gasteiger partial charge in [0.2, 0.25) is 0 Å². The Kier molecular flexibility index (Phi) is 5.60. The van der Waals surface area contributed by atoms with Gasteiger partial charge in [0.15, 0.2) is 0 Å². The van der Waals surface area contributed by atoms with Crippen LogP contribution in [0.1, 0.15) is 9.75 Å². The maximum Gasteiger partial charge on any atom is 0.395 e. The highest BCUT2D eigenvalue weighted by atomic mass is 32.1. The van der Waals surface area contributed by atoms with E-state index in [0.29, 0.717) is 9.75 Å². The van der Waals surface area contributed by atoms with Crippen LogP contribution in [0.25, 0.3) is 0 Å². The van der Waals surface area contributed by atoms with Gasteiger partial charge >= 0.3 is 11.8 Å². The molecule has 0 atom stereocenters. The third-order valence-electron chi connectivity index (χ3n) is 2.97. The lowest BCUT2D eigenvalue weighted by atomic mass is 10.1. The average molecular weight is 380 g/mol. The van der Waals surface area contributed by atoms with Crippen LogP contribution in [0.4, 0.5) is 17.6 Å². The molecule has 24 heavy (non-hydrogen) atoms. The Morgan fingerprint density at radius 2 is 1.21 bits per heavy atom. The lowest BCUT2D eigenvalue weighted by molar-refractivity contribution is -0.211. The van der Waals surface area contributed by atoms with Gasteiger partial charge in [-0.2, -0.15) is 17.6 Å². The number of carbonyl (C=O) groups is 2. The van der Waals surface area contributed by atoms with Crippen molar-refractivity contribution in [1.82, 2.24) is 10.6 Å². The third kappa shape index (κ3) is 3.93. The summed E-state index contributed by atoms with van der Waals surface area (Å²) in [6.07, 6.45) is 0. The Bertz CT molecular complexity index is 627. The first-order chi connectivity index (χ1) is 11.2. The van der Waals surface area contributed by atoms with Gasteiger partial charge in [0.05, 0.1) is 13.1 Å². The standard InChI is InChI=1S/C14H12F4N2O2S2/c15-13(16,11(21)19-7-9-3-1-5-23-9)14(17,18)12(22)20-8-10-4-2-6-24-10/h1-6H,7-8H2,(H,19,21)(H,20,22). The Balaban J connectivity index is 1.98. The van der Waals surface area contributed by atoms with Crippen LogP contribution in [-0.2, 0) is 22.7 Å². The molecule has 2 aromatic rings. The van der Waals surface area contributed by atoms with Crippen LogP contribution >= 0.6 is 22.7 Å². The summed E-state index contributed by atoms with van der Waals surface area (Å²) in [6.45, 7) is -0.641. The zero-order chi connectivity index (χ0) is 17.8. The molecule has 0 fully saturated rings. The number of halogens is 4. The number of thiophene rings is 2. The molecule has 2 aromatic heterocycles. The number of hydrogen-bond donors (Lipinski definition) is 2. The van der Waals surface area contributed by atoms with E-state index in [4.69, 9.17) is 0 Å². The summed E-state index contributed by atoms with van der Waals surface area (Å²) in [5, 5.41) is 6.73. The van der Waals surface area contributed by atoms with Gasteiger partial charge < -0.3 is 10.6 Å². The summed E-state index contributed by atoms with van der Waals surface area (Å²) in [5.74, 6) is -14.7. The number of alkyl halides is 4.